The molecule has 1 heterocycles. The van der Waals surface area contributed by atoms with Gasteiger partial charge in [0.1, 0.15) is 0 Å². The van der Waals surface area contributed by atoms with E-state index in [-0.39, 0.29) is 5.56 Å². The zero-order valence-electron chi connectivity index (χ0n) is 15.1. The number of hydrogen-bond acceptors (Lipinski definition) is 4. The van der Waals surface area contributed by atoms with E-state index < -0.39 is 21.5 Å². The maximum Gasteiger partial charge on any atom is 0.266 e. The predicted molar refractivity (Wildman–Crippen MR) is 109 cm³/mol. The van der Waals surface area contributed by atoms with Gasteiger partial charge in [-0.05, 0) is 42.5 Å². The van der Waals surface area contributed by atoms with Crippen molar-refractivity contribution in [2.24, 2.45) is 0 Å². The Morgan fingerprint density at radius 3 is 2.46 bits per heavy atom. The number of sulfonamides is 1. The number of hydrogen-bond donors (Lipinski definition) is 3. The summed E-state index contributed by atoms with van der Waals surface area (Å²) in [6.45, 7) is 0. The molecule has 3 aromatic rings. The third-order valence-corrected chi connectivity index (χ3v) is 6.07. The molecule has 1 fully saturated rings. The fourth-order valence-corrected chi connectivity index (χ4v) is 4.26. The van der Waals surface area contributed by atoms with Crippen LogP contribution >= 0.6 is 11.6 Å². The topological polar surface area (TPSA) is 99.3 Å². The molecule has 4 rings (SSSR count). The minimum atomic E-state index is -3.67. The van der Waals surface area contributed by atoms with Crippen LogP contribution in [0, 0.1) is 0 Å². The standard InChI is InChI=1S/C20H19ClN2O4S/c1-28(26,27)23-19(24)16-11-22-18-10-17(21)14(9-15(16)18)12-3-5-13(6-4-12)20(25)7-2-8-20/h3-6,9-11,22,25H,2,7-8H2,1H3,(H,23,24). The Kier molecular flexibility index (Phi) is 4.49. The molecule has 0 radical (unpaired) electrons. The second-order valence-electron chi connectivity index (χ2n) is 7.25. The minimum Gasteiger partial charge on any atom is -0.385 e. The third-order valence-electron chi connectivity index (χ3n) is 5.21. The second kappa shape index (κ2) is 6.62. The van der Waals surface area contributed by atoms with E-state index in [4.69, 9.17) is 11.6 Å². The molecule has 1 aliphatic carbocycles. The number of halogens is 1. The molecule has 0 spiro atoms. The number of aromatic amines is 1. The summed E-state index contributed by atoms with van der Waals surface area (Å²) in [5, 5.41) is 11.5. The smallest absolute Gasteiger partial charge is 0.266 e. The van der Waals surface area contributed by atoms with Crippen molar-refractivity contribution >= 4 is 38.4 Å². The van der Waals surface area contributed by atoms with E-state index in [0.29, 0.717) is 21.5 Å². The first-order valence-corrected chi connectivity index (χ1v) is 11.1. The average molecular weight is 419 g/mol. The summed E-state index contributed by atoms with van der Waals surface area (Å²) in [6, 6.07) is 11.0. The normalized spacial score (nSPS) is 16.0. The number of carbonyl (C=O) groups excluding carboxylic acids is 1. The largest absolute Gasteiger partial charge is 0.385 e. The third kappa shape index (κ3) is 3.41. The molecule has 0 saturated heterocycles. The van der Waals surface area contributed by atoms with Crippen molar-refractivity contribution < 1.29 is 18.3 Å². The number of aromatic nitrogens is 1. The molecule has 0 atom stereocenters. The highest BCUT2D eigenvalue weighted by atomic mass is 35.5. The first-order chi connectivity index (χ1) is 13.2. The van der Waals surface area contributed by atoms with Gasteiger partial charge < -0.3 is 10.1 Å². The number of benzene rings is 2. The maximum atomic E-state index is 12.3. The van der Waals surface area contributed by atoms with Crippen molar-refractivity contribution in [3.8, 4) is 11.1 Å². The summed E-state index contributed by atoms with van der Waals surface area (Å²) in [6.07, 6.45) is 4.94. The van der Waals surface area contributed by atoms with E-state index >= 15 is 0 Å². The first-order valence-electron chi connectivity index (χ1n) is 8.82. The van der Waals surface area contributed by atoms with Crippen molar-refractivity contribution in [2.45, 2.75) is 24.9 Å². The zero-order chi connectivity index (χ0) is 20.1. The molecule has 0 bridgehead atoms. The molecule has 146 valence electrons. The van der Waals surface area contributed by atoms with Crippen molar-refractivity contribution in [3.05, 3.63) is 58.7 Å². The molecule has 0 unspecified atom stereocenters. The van der Waals surface area contributed by atoms with Gasteiger partial charge in [0.2, 0.25) is 10.0 Å². The van der Waals surface area contributed by atoms with Gasteiger partial charge >= 0.3 is 0 Å². The minimum absolute atomic E-state index is 0.221. The van der Waals surface area contributed by atoms with E-state index in [1.165, 1.54) is 6.20 Å². The number of nitrogens with one attached hydrogen (secondary N) is 2. The van der Waals surface area contributed by atoms with E-state index in [1.807, 2.05) is 29.0 Å². The fraction of sp³-hybridized carbons (Fsp3) is 0.250. The lowest BCUT2D eigenvalue weighted by molar-refractivity contribution is -0.0387. The Bertz CT molecular complexity index is 1180. The van der Waals surface area contributed by atoms with Crippen LogP contribution in [0.3, 0.4) is 0 Å². The Balaban J connectivity index is 1.74. The van der Waals surface area contributed by atoms with Crippen molar-refractivity contribution in [1.29, 1.82) is 0 Å². The zero-order valence-corrected chi connectivity index (χ0v) is 16.7. The molecule has 3 N–H and O–H groups in total. The van der Waals surface area contributed by atoms with Gasteiger partial charge in [-0.1, -0.05) is 35.9 Å². The molecule has 28 heavy (non-hydrogen) atoms. The van der Waals surface area contributed by atoms with Gasteiger partial charge in [-0.2, -0.15) is 0 Å². The Morgan fingerprint density at radius 1 is 1.21 bits per heavy atom. The van der Waals surface area contributed by atoms with Crippen LogP contribution in [0.4, 0.5) is 0 Å². The number of amides is 1. The van der Waals surface area contributed by atoms with Crippen LogP contribution in [-0.2, 0) is 15.6 Å². The summed E-state index contributed by atoms with van der Waals surface area (Å²) >= 11 is 6.44. The van der Waals surface area contributed by atoms with Gasteiger partial charge in [-0.15, -0.1) is 0 Å². The van der Waals surface area contributed by atoms with E-state index in [0.717, 1.165) is 36.6 Å². The van der Waals surface area contributed by atoms with E-state index in [2.05, 4.69) is 4.98 Å². The average Bonchev–Trinajstić information content (AvgIpc) is 3.00. The molecule has 1 aliphatic rings. The molecule has 1 aromatic heterocycles. The monoisotopic (exact) mass is 418 g/mol. The number of carbonyl (C=O) groups is 1. The number of fused-ring (bicyclic) bond motifs is 1. The van der Waals surface area contributed by atoms with Gasteiger partial charge in [0, 0.05) is 22.7 Å². The highest BCUT2D eigenvalue weighted by molar-refractivity contribution is 7.89. The molecule has 0 aliphatic heterocycles. The number of H-pyrrole nitrogens is 1. The van der Waals surface area contributed by atoms with Crippen LogP contribution in [0.2, 0.25) is 5.02 Å². The molecule has 1 amide bonds. The summed E-state index contributed by atoms with van der Waals surface area (Å²) in [4.78, 5) is 15.2. The molecular formula is C20H19ClN2O4S. The van der Waals surface area contributed by atoms with Crippen LogP contribution in [0.25, 0.3) is 22.0 Å². The van der Waals surface area contributed by atoms with Gasteiger partial charge in [0.05, 0.1) is 22.4 Å². The van der Waals surface area contributed by atoms with Gasteiger partial charge in [-0.25, -0.2) is 13.1 Å². The fourth-order valence-electron chi connectivity index (χ4n) is 3.54. The highest BCUT2D eigenvalue weighted by Gasteiger charge is 2.35. The van der Waals surface area contributed by atoms with E-state index in [1.54, 1.807) is 12.1 Å². The lowest BCUT2D eigenvalue weighted by atomic mass is 9.75. The lowest BCUT2D eigenvalue weighted by Gasteiger charge is -2.37. The Hall–Kier alpha value is -2.35. The van der Waals surface area contributed by atoms with Crippen molar-refractivity contribution in [3.63, 3.8) is 0 Å². The summed E-state index contributed by atoms with van der Waals surface area (Å²) in [7, 11) is -3.67. The maximum absolute atomic E-state index is 12.3. The van der Waals surface area contributed by atoms with Crippen LogP contribution in [-0.4, -0.2) is 30.7 Å². The van der Waals surface area contributed by atoms with Crippen LogP contribution in [0.1, 0.15) is 35.2 Å². The number of rotatable bonds is 4. The van der Waals surface area contributed by atoms with Gasteiger partial charge in [0.15, 0.2) is 0 Å². The van der Waals surface area contributed by atoms with Crippen molar-refractivity contribution in [2.75, 3.05) is 6.26 Å². The van der Waals surface area contributed by atoms with E-state index in [9.17, 15) is 18.3 Å². The molecule has 1 saturated carbocycles. The molecule has 2 aromatic carbocycles. The molecular weight excluding hydrogens is 400 g/mol. The van der Waals surface area contributed by atoms with Gasteiger partial charge in [-0.3, -0.25) is 4.79 Å². The van der Waals surface area contributed by atoms with Crippen LogP contribution < -0.4 is 4.72 Å². The summed E-state index contributed by atoms with van der Waals surface area (Å²) in [5.74, 6) is -0.704. The summed E-state index contributed by atoms with van der Waals surface area (Å²) in [5.41, 5.74) is 2.56. The SMILES string of the molecule is CS(=O)(=O)NC(=O)c1c[nH]c2cc(Cl)c(-c3ccc(C4(O)CCC4)cc3)cc12. The Morgan fingerprint density at radius 2 is 1.89 bits per heavy atom. The van der Waals surface area contributed by atoms with Crippen LogP contribution in [0.15, 0.2) is 42.6 Å². The summed E-state index contributed by atoms with van der Waals surface area (Å²) < 4.78 is 24.7. The Labute approximate surface area is 167 Å². The molecule has 8 heteroatoms. The van der Waals surface area contributed by atoms with Gasteiger partial charge in [0.25, 0.3) is 5.91 Å². The lowest BCUT2D eigenvalue weighted by Crippen LogP contribution is -2.33. The first kappa shape index (κ1) is 19.0. The second-order valence-corrected chi connectivity index (χ2v) is 9.40. The van der Waals surface area contributed by atoms with Crippen molar-refractivity contribution in [1.82, 2.24) is 9.71 Å². The quantitative estimate of drug-likeness (QED) is 0.603. The highest BCUT2D eigenvalue weighted by Crippen LogP contribution is 2.42. The molecule has 6 nitrogen and oxygen atoms in total. The number of aliphatic hydroxyl groups is 1. The van der Waals surface area contributed by atoms with Crippen LogP contribution in [0.5, 0.6) is 0 Å². The predicted octanol–water partition coefficient (Wildman–Crippen LogP) is 3.55.